The highest BCUT2D eigenvalue weighted by molar-refractivity contribution is 9.10. The van der Waals surface area contributed by atoms with E-state index in [2.05, 4.69) is 51.3 Å². The molecule has 98 valence electrons. The first-order valence-electron chi connectivity index (χ1n) is 6.62. The minimum atomic E-state index is 0.315. The quantitative estimate of drug-likeness (QED) is 0.905. The van der Waals surface area contributed by atoms with Gasteiger partial charge in [-0.05, 0) is 30.7 Å². The van der Waals surface area contributed by atoms with Crippen molar-refractivity contribution in [2.24, 2.45) is 0 Å². The van der Waals surface area contributed by atoms with Crippen molar-refractivity contribution >= 4 is 15.9 Å². The molecule has 2 atom stereocenters. The molecule has 0 aliphatic carbocycles. The molecule has 4 heteroatoms. The molecule has 0 aromatic heterocycles. The van der Waals surface area contributed by atoms with Crippen molar-refractivity contribution in [2.75, 3.05) is 26.2 Å². The van der Waals surface area contributed by atoms with Gasteiger partial charge in [0, 0.05) is 43.1 Å². The van der Waals surface area contributed by atoms with Gasteiger partial charge in [0.05, 0.1) is 0 Å². The second-order valence-corrected chi connectivity index (χ2v) is 6.16. The smallest absolute Gasteiger partial charge is 0.123 e. The van der Waals surface area contributed by atoms with Crippen LogP contribution in [-0.4, -0.2) is 43.2 Å². The van der Waals surface area contributed by atoms with E-state index in [1.807, 2.05) is 0 Å². The van der Waals surface area contributed by atoms with Gasteiger partial charge in [-0.1, -0.05) is 15.9 Å². The maximum atomic E-state index is 6.03. The van der Waals surface area contributed by atoms with Crippen LogP contribution in [0.3, 0.4) is 0 Å². The first-order chi connectivity index (χ1) is 8.72. The summed E-state index contributed by atoms with van der Waals surface area (Å²) >= 11 is 3.52. The summed E-state index contributed by atoms with van der Waals surface area (Å²) in [5, 5.41) is 3.43. The average molecular weight is 311 g/mol. The van der Waals surface area contributed by atoms with Crippen LogP contribution in [0.2, 0.25) is 0 Å². The lowest BCUT2D eigenvalue weighted by molar-refractivity contribution is 0.106. The monoisotopic (exact) mass is 310 g/mol. The van der Waals surface area contributed by atoms with E-state index in [1.54, 1.807) is 0 Å². The second-order valence-electron chi connectivity index (χ2n) is 5.24. The molecule has 1 fully saturated rings. The SMILES string of the molecule is C[C@H]1CNCCN1CC1Cc2cc(Br)ccc2O1. The molecule has 2 heterocycles. The van der Waals surface area contributed by atoms with Crippen molar-refractivity contribution in [1.29, 1.82) is 0 Å². The standard InChI is InChI=1S/C14H19BrN2O/c1-10-8-16-4-5-17(10)9-13-7-11-6-12(15)2-3-14(11)18-13/h2-3,6,10,13,16H,4-5,7-9H2,1H3/t10-,13?/m0/s1. The number of rotatable bonds is 2. The highest BCUT2D eigenvalue weighted by Crippen LogP contribution is 2.31. The number of halogens is 1. The fourth-order valence-corrected chi connectivity index (χ4v) is 3.22. The van der Waals surface area contributed by atoms with Gasteiger partial charge in [-0.15, -0.1) is 0 Å². The van der Waals surface area contributed by atoms with Crippen molar-refractivity contribution in [3.63, 3.8) is 0 Å². The molecule has 3 rings (SSSR count). The summed E-state index contributed by atoms with van der Waals surface area (Å²) in [4.78, 5) is 2.53. The largest absolute Gasteiger partial charge is 0.488 e. The van der Waals surface area contributed by atoms with Crippen LogP contribution in [-0.2, 0) is 6.42 Å². The molecule has 0 radical (unpaired) electrons. The van der Waals surface area contributed by atoms with Crippen LogP contribution in [0, 0.1) is 0 Å². The topological polar surface area (TPSA) is 24.5 Å². The third-order valence-corrected chi connectivity index (χ3v) is 4.33. The number of fused-ring (bicyclic) bond motifs is 1. The van der Waals surface area contributed by atoms with E-state index in [9.17, 15) is 0 Å². The van der Waals surface area contributed by atoms with E-state index in [1.165, 1.54) is 5.56 Å². The zero-order valence-corrected chi connectivity index (χ0v) is 12.2. The van der Waals surface area contributed by atoms with Crippen molar-refractivity contribution in [1.82, 2.24) is 10.2 Å². The van der Waals surface area contributed by atoms with Crippen LogP contribution in [0.5, 0.6) is 5.75 Å². The molecule has 1 aromatic rings. The summed E-state index contributed by atoms with van der Waals surface area (Å²) < 4.78 is 7.17. The number of benzene rings is 1. The number of nitrogens with one attached hydrogen (secondary N) is 1. The van der Waals surface area contributed by atoms with Gasteiger partial charge >= 0.3 is 0 Å². The average Bonchev–Trinajstić information content (AvgIpc) is 2.73. The molecule has 1 saturated heterocycles. The number of ether oxygens (including phenoxy) is 1. The van der Waals surface area contributed by atoms with Crippen molar-refractivity contribution in [3.05, 3.63) is 28.2 Å². The maximum absolute atomic E-state index is 6.03. The van der Waals surface area contributed by atoms with Gasteiger partial charge < -0.3 is 10.1 Å². The Kier molecular flexibility index (Phi) is 3.59. The Morgan fingerprint density at radius 1 is 1.50 bits per heavy atom. The Bertz CT molecular complexity index is 438. The van der Waals surface area contributed by atoms with Crippen molar-refractivity contribution < 1.29 is 4.74 Å². The highest BCUT2D eigenvalue weighted by Gasteiger charge is 2.27. The predicted molar refractivity (Wildman–Crippen MR) is 76.2 cm³/mol. The summed E-state index contributed by atoms with van der Waals surface area (Å²) in [6.07, 6.45) is 1.35. The first kappa shape index (κ1) is 12.5. The zero-order valence-electron chi connectivity index (χ0n) is 10.7. The van der Waals surface area contributed by atoms with E-state index >= 15 is 0 Å². The molecule has 2 aliphatic rings. The van der Waals surface area contributed by atoms with Crippen molar-refractivity contribution in [3.8, 4) is 5.75 Å². The third-order valence-electron chi connectivity index (χ3n) is 3.84. The number of piperazine rings is 1. The Balaban J connectivity index is 1.63. The van der Waals surface area contributed by atoms with Crippen LogP contribution in [0.1, 0.15) is 12.5 Å². The number of hydrogen-bond acceptors (Lipinski definition) is 3. The molecule has 1 N–H and O–H groups in total. The fourth-order valence-electron chi connectivity index (χ4n) is 2.81. The first-order valence-corrected chi connectivity index (χ1v) is 7.41. The van der Waals surface area contributed by atoms with Gasteiger partial charge in [0.25, 0.3) is 0 Å². The van der Waals surface area contributed by atoms with E-state index in [-0.39, 0.29) is 0 Å². The van der Waals surface area contributed by atoms with Gasteiger partial charge in [-0.3, -0.25) is 4.90 Å². The summed E-state index contributed by atoms with van der Waals surface area (Å²) in [7, 11) is 0. The third kappa shape index (κ3) is 2.56. The predicted octanol–water partition coefficient (Wildman–Crippen LogP) is 2.05. The van der Waals surface area contributed by atoms with Gasteiger partial charge in [0.2, 0.25) is 0 Å². The van der Waals surface area contributed by atoms with Crippen LogP contribution in [0.4, 0.5) is 0 Å². The highest BCUT2D eigenvalue weighted by atomic mass is 79.9. The van der Waals surface area contributed by atoms with E-state index in [0.29, 0.717) is 12.1 Å². The summed E-state index contributed by atoms with van der Waals surface area (Å²) in [5.74, 6) is 1.06. The normalized spacial score (nSPS) is 27.9. The van der Waals surface area contributed by atoms with Gasteiger partial charge in [-0.2, -0.15) is 0 Å². The summed E-state index contributed by atoms with van der Waals surface area (Å²) in [6, 6.07) is 6.91. The Hall–Kier alpha value is -0.580. The summed E-state index contributed by atoms with van der Waals surface area (Å²) in [5.41, 5.74) is 1.33. The van der Waals surface area contributed by atoms with Crippen LogP contribution < -0.4 is 10.1 Å². The molecule has 1 aromatic carbocycles. The molecule has 2 aliphatic heterocycles. The molecule has 1 unspecified atom stereocenters. The molecule has 0 bridgehead atoms. The lowest BCUT2D eigenvalue weighted by atomic mass is 10.1. The van der Waals surface area contributed by atoms with Crippen molar-refractivity contribution in [2.45, 2.75) is 25.5 Å². The minimum absolute atomic E-state index is 0.315. The van der Waals surface area contributed by atoms with Gasteiger partial charge in [0.1, 0.15) is 11.9 Å². The molecule has 0 spiro atoms. The van der Waals surface area contributed by atoms with Crippen LogP contribution in [0.15, 0.2) is 22.7 Å². The number of nitrogens with zero attached hydrogens (tertiary/aromatic N) is 1. The van der Waals surface area contributed by atoms with E-state index < -0.39 is 0 Å². The Morgan fingerprint density at radius 3 is 3.22 bits per heavy atom. The van der Waals surface area contributed by atoms with Gasteiger partial charge in [0.15, 0.2) is 0 Å². The molecular weight excluding hydrogens is 292 g/mol. The minimum Gasteiger partial charge on any atom is -0.488 e. The molecule has 0 amide bonds. The molecule has 18 heavy (non-hydrogen) atoms. The maximum Gasteiger partial charge on any atom is 0.123 e. The Labute approximate surface area is 117 Å². The Morgan fingerprint density at radius 2 is 2.39 bits per heavy atom. The summed E-state index contributed by atoms with van der Waals surface area (Å²) in [6.45, 7) is 6.63. The second kappa shape index (κ2) is 5.19. The lowest BCUT2D eigenvalue weighted by Gasteiger charge is -2.35. The lowest BCUT2D eigenvalue weighted by Crippen LogP contribution is -2.52. The van der Waals surface area contributed by atoms with E-state index in [0.717, 1.165) is 42.8 Å². The zero-order chi connectivity index (χ0) is 12.5. The van der Waals surface area contributed by atoms with Gasteiger partial charge in [-0.25, -0.2) is 0 Å². The molecule has 3 nitrogen and oxygen atoms in total. The molecular formula is C14H19BrN2O. The number of hydrogen-bond donors (Lipinski definition) is 1. The molecule has 0 saturated carbocycles. The fraction of sp³-hybridized carbons (Fsp3) is 0.571. The van der Waals surface area contributed by atoms with Crippen LogP contribution in [0.25, 0.3) is 0 Å². The van der Waals surface area contributed by atoms with Crippen LogP contribution >= 0.6 is 15.9 Å². The van der Waals surface area contributed by atoms with E-state index in [4.69, 9.17) is 4.74 Å².